The van der Waals surface area contributed by atoms with Crippen molar-refractivity contribution in [3.8, 4) is 11.5 Å². The van der Waals surface area contributed by atoms with E-state index in [0.29, 0.717) is 31.1 Å². The van der Waals surface area contributed by atoms with Crippen LogP contribution in [0.4, 0.5) is 5.82 Å². The Hall–Kier alpha value is -3.93. The molecule has 1 aliphatic rings. The Morgan fingerprint density at radius 3 is 2.37 bits per heavy atom. The van der Waals surface area contributed by atoms with E-state index in [4.69, 9.17) is 4.42 Å². The van der Waals surface area contributed by atoms with Gasteiger partial charge in [-0.3, -0.25) is 4.79 Å². The van der Waals surface area contributed by atoms with Crippen molar-refractivity contribution in [2.75, 3.05) is 24.5 Å². The van der Waals surface area contributed by atoms with Crippen LogP contribution in [0.25, 0.3) is 11.5 Å². The van der Waals surface area contributed by atoms with Gasteiger partial charge in [0, 0.05) is 26.2 Å². The van der Waals surface area contributed by atoms with E-state index in [1.165, 1.54) is 5.56 Å². The van der Waals surface area contributed by atoms with Gasteiger partial charge in [0.15, 0.2) is 11.6 Å². The van der Waals surface area contributed by atoms with Crippen LogP contribution in [-0.4, -0.2) is 40.6 Å². The standard InChI is InChI=1S/C29H30N4O2/c34-29(33(21-24-11-5-2-6-12-24)19-17-23-9-3-1-4-10-23)25-13-7-18-32(22-25)28-16-15-26(30-31-28)27-14-8-20-35-27/h1-6,8-12,14-16,20,25H,7,13,17-19,21-22H2. The molecule has 1 fully saturated rings. The van der Waals surface area contributed by atoms with Gasteiger partial charge < -0.3 is 14.2 Å². The third-order valence-electron chi connectivity index (χ3n) is 6.56. The predicted molar refractivity (Wildman–Crippen MR) is 137 cm³/mol. The molecule has 2 aromatic carbocycles. The Kier molecular flexibility index (Phi) is 7.18. The molecule has 0 spiro atoms. The van der Waals surface area contributed by atoms with Gasteiger partial charge in [0.25, 0.3) is 0 Å². The molecule has 1 aliphatic heterocycles. The Morgan fingerprint density at radius 2 is 1.69 bits per heavy atom. The molecule has 1 amide bonds. The highest BCUT2D eigenvalue weighted by atomic mass is 16.3. The number of rotatable bonds is 8. The van der Waals surface area contributed by atoms with Crippen LogP contribution in [0.3, 0.4) is 0 Å². The summed E-state index contributed by atoms with van der Waals surface area (Å²) in [7, 11) is 0. The van der Waals surface area contributed by atoms with Gasteiger partial charge in [-0.25, -0.2) is 0 Å². The molecule has 1 saturated heterocycles. The van der Waals surface area contributed by atoms with Crippen LogP contribution in [0.5, 0.6) is 0 Å². The first-order chi connectivity index (χ1) is 17.3. The monoisotopic (exact) mass is 466 g/mol. The van der Waals surface area contributed by atoms with Crippen LogP contribution in [0.15, 0.2) is 95.6 Å². The predicted octanol–water partition coefficient (Wildman–Crippen LogP) is 5.22. The Bertz CT molecular complexity index is 1190. The minimum absolute atomic E-state index is 0.0604. The van der Waals surface area contributed by atoms with Crippen LogP contribution in [0.1, 0.15) is 24.0 Å². The maximum Gasteiger partial charge on any atom is 0.227 e. The maximum absolute atomic E-state index is 13.8. The lowest BCUT2D eigenvalue weighted by Crippen LogP contribution is -2.45. The molecule has 35 heavy (non-hydrogen) atoms. The first-order valence-corrected chi connectivity index (χ1v) is 12.3. The summed E-state index contributed by atoms with van der Waals surface area (Å²) in [5.41, 5.74) is 3.11. The maximum atomic E-state index is 13.8. The summed E-state index contributed by atoms with van der Waals surface area (Å²) in [6.45, 7) is 2.86. The summed E-state index contributed by atoms with van der Waals surface area (Å²) < 4.78 is 5.42. The lowest BCUT2D eigenvalue weighted by Gasteiger charge is -2.35. The summed E-state index contributed by atoms with van der Waals surface area (Å²) in [4.78, 5) is 18.0. The van der Waals surface area contributed by atoms with E-state index in [1.807, 2.05) is 53.4 Å². The smallest absolute Gasteiger partial charge is 0.227 e. The first-order valence-electron chi connectivity index (χ1n) is 12.3. The molecule has 3 heterocycles. The molecule has 178 valence electrons. The zero-order valence-electron chi connectivity index (χ0n) is 19.8. The second-order valence-electron chi connectivity index (χ2n) is 9.02. The second-order valence-corrected chi connectivity index (χ2v) is 9.02. The molecule has 6 heteroatoms. The fourth-order valence-corrected chi connectivity index (χ4v) is 4.67. The average Bonchev–Trinajstić information content (AvgIpc) is 3.47. The van der Waals surface area contributed by atoms with Gasteiger partial charge in [0.2, 0.25) is 5.91 Å². The van der Waals surface area contributed by atoms with Gasteiger partial charge in [-0.05, 0) is 54.7 Å². The number of benzene rings is 2. The number of carbonyl (C=O) groups excluding carboxylic acids is 1. The highest BCUT2D eigenvalue weighted by molar-refractivity contribution is 5.80. The number of hydrogen-bond acceptors (Lipinski definition) is 5. The Labute approximate surface area is 206 Å². The summed E-state index contributed by atoms with van der Waals surface area (Å²) in [5.74, 6) is 1.66. The zero-order chi connectivity index (χ0) is 23.9. The van der Waals surface area contributed by atoms with Gasteiger partial charge in [0.1, 0.15) is 5.69 Å². The number of amides is 1. The first kappa shape index (κ1) is 22.8. The molecule has 2 aromatic heterocycles. The van der Waals surface area contributed by atoms with E-state index in [9.17, 15) is 4.79 Å². The number of piperidine rings is 1. The van der Waals surface area contributed by atoms with Crippen LogP contribution in [0.2, 0.25) is 0 Å². The molecule has 4 aromatic rings. The lowest BCUT2D eigenvalue weighted by molar-refractivity contribution is -0.136. The van der Waals surface area contributed by atoms with Gasteiger partial charge in [-0.2, -0.15) is 0 Å². The fourth-order valence-electron chi connectivity index (χ4n) is 4.67. The van der Waals surface area contributed by atoms with Crippen LogP contribution in [0, 0.1) is 5.92 Å². The third kappa shape index (κ3) is 5.77. The van der Waals surface area contributed by atoms with Crippen molar-refractivity contribution in [2.24, 2.45) is 5.92 Å². The number of hydrogen-bond donors (Lipinski definition) is 0. The van der Waals surface area contributed by atoms with Crippen molar-refractivity contribution >= 4 is 11.7 Å². The van der Waals surface area contributed by atoms with Gasteiger partial charge in [-0.15, -0.1) is 10.2 Å². The molecular weight excluding hydrogens is 436 g/mol. The Balaban J connectivity index is 1.28. The third-order valence-corrected chi connectivity index (χ3v) is 6.56. The van der Waals surface area contributed by atoms with Crippen molar-refractivity contribution < 1.29 is 9.21 Å². The average molecular weight is 467 g/mol. The summed E-state index contributed by atoms with van der Waals surface area (Å²) in [5, 5.41) is 8.77. The summed E-state index contributed by atoms with van der Waals surface area (Å²) in [6.07, 6.45) is 4.32. The molecule has 0 saturated carbocycles. The molecule has 0 bridgehead atoms. The number of anilines is 1. The minimum atomic E-state index is -0.0604. The van der Waals surface area contributed by atoms with E-state index in [2.05, 4.69) is 51.5 Å². The molecule has 0 N–H and O–H groups in total. The molecule has 6 nitrogen and oxygen atoms in total. The summed E-state index contributed by atoms with van der Waals surface area (Å²) >= 11 is 0. The van der Waals surface area contributed by atoms with Gasteiger partial charge >= 0.3 is 0 Å². The van der Waals surface area contributed by atoms with Crippen LogP contribution < -0.4 is 4.90 Å². The van der Waals surface area contributed by atoms with E-state index >= 15 is 0 Å². The van der Waals surface area contributed by atoms with Crippen molar-refractivity contribution in [1.29, 1.82) is 0 Å². The molecular formula is C29H30N4O2. The van der Waals surface area contributed by atoms with E-state index in [1.54, 1.807) is 6.26 Å². The summed E-state index contributed by atoms with van der Waals surface area (Å²) in [6, 6.07) is 28.2. The Morgan fingerprint density at radius 1 is 0.914 bits per heavy atom. The number of nitrogens with zero attached hydrogens (tertiary/aromatic N) is 4. The van der Waals surface area contributed by atoms with Crippen LogP contribution in [-0.2, 0) is 17.8 Å². The van der Waals surface area contributed by atoms with Crippen molar-refractivity contribution in [1.82, 2.24) is 15.1 Å². The van der Waals surface area contributed by atoms with Crippen molar-refractivity contribution in [3.63, 3.8) is 0 Å². The fraction of sp³-hybridized carbons (Fsp3) is 0.276. The largest absolute Gasteiger partial charge is 0.463 e. The second kappa shape index (κ2) is 11.0. The van der Waals surface area contributed by atoms with Crippen molar-refractivity contribution in [3.05, 3.63) is 102 Å². The van der Waals surface area contributed by atoms with Crippen LogP contribution >= 0.6 is 0 Å². The number of aromatic nitrogens is 2. The SMILES string of the molecule is O=C(C1CCCN(c2ccc(-c3ccco3)nn2)C1)N(CCc1ccccc1)Cc1ccccc1. The normalized spacial score (nSPS) is 15.7. The molecule has 0 aliphatic carbocycles. The van der Waals surface area contributed by atoms with E-state index in [-0.39, 0.29) is 11.8 Å². The topological polar surface area (TPSA) is 62.5 Å². The quantitative estimate of drug-likeness (QED) is 0.356. The van der Waals surface area contributed by atoms with Gasteiger partial charge in [-0.1, -0.05) is 60.7 Å². The molecule has 5 rings (SSSR count). The van der Waals surface area contributed by atoms with E-state index in [0.717, 1.165) is 37.2 Å². The molecule has 1 unspecified atom stereocenters. The lowest BCUT2D eigenvalue weighted by atomic mass is 9.96. The zero-order valence-corrected chi connectivity index (χ0v) is 19.8. The highest BCUT2D eigenvalue weighted by Crippen LogP contribution is 2.25. The highest BCUT2D eigenvalue weighted by Gasteiger charge is 2.30. The van der Waals surface area contributed by atoms with E-state index < -0.39 is 0 Å². The molecule has 0 radical (unpaired) electrons. The molecule has 1 atom stereocenters. The van der Waals surface area contributed by atoms with Gasteiger partial charge in [0.05, 0.1) is 12.2 Å². The number of furan rings is 1. The number of carbonyl (C=O) groups is 1. The van der Waals surface area contributed by atoms with Crippen molar-refractivity contribution in [2.45, 2.75) is 25.8 Å². The minimum Gasteiger partial charge on any atom is -0.463 e.